The molecule has 0 atom stereocenters. The fourth-order valence-corrected chi connectivity index (χ4v) is 2.08. The zero-order chi connectivity index (χ0) is 9.97. The van der Waals surface area contributed by atoms with E-state index in [0.717, 1.165) is 23.8 Å². The molecule has 14 heavy (non-hydrogen) atoms. The van der Waals surface area contributed by atoms with E-state index in [1.807, 2.05) is 6.07 Å². The van der Waals surface area contributed by atoms with Crippen molar-refractivity contribution < 1.29 is 4.74 Å². The lowest BCUT2D eigenvalue weighted by Crippen LogP contribution is -2.30. The van der Waals surface area contributed by atoms with Crippen LogP contribution in [0.3, 0.4) is 0 Å². The van der Waals surface area contributed by atoms with E-state index in [4.69, 9.17) is 15.9 Å². The number of nitrogens with zero attached hydrogens (tertiary/aromatic N) is 1. The molecule has 0 spiro atoms. The van der Waals surface area contributed by atoms with E-state index in [1.165, 1.54) is 0 Å². The molecule has 0 saturated carbocycles. The van der Waals surface area contributed by atoms with E-state index in [-0.39, 0.29) is 5.84 Å². The SMILES string of the molecule is N=C(N)c1ccnc(SC2COC2)c1. The first-order valence-electron chi connectivity index (χ1n) is 4.30. The lowest BCUT2D eigenvalue weighted by molar-refractivity contribution is 0.0454. The van der Waals surface area contributed by atoms with Gasteiger partial charge in [-0.2, -0.15) is 0 Å². The fraction of sp³-hybridized carbons (Fsp3) is 0.333. The van der Waals surface area contributed by atoms with E-state index in [9.17, 15) is 0 Å². The number of aromatic nitrogens is 1. The van der Waals surface area contributed by atoms with Crippen molar-refractivity contribution in [1.29, 1.82) is 5.41 Å². The molecule has 0 radical (unpaired) electrons. The Morgan fingerprint density at radius 1 is 1.64 bits per heavy atom. The molecule has 3 N–H and O–H groups in total. The van der Waals surface area contributed by atoms with Crippen LogP contribution in [0.15, 0.2) is 23.4 Å². The zero-order valence-corrected chi connectivity index (χ0v) is 8.38. The van der Waals surface area contributed by atoms with Gasteiger partial charge in [0.2, 0.25) is 0 Å². The maximum absolute atomic E-state index is 7.29. The van der Waals surface area contributed by atoms with Crippen molar-refractivity contribution in [2.45, 2.75) is 10.3 Å². The van der Waals surface area contributed by atoms with Crippen molar-refractivity contribution in [2.75, 3.05) is 13.2 Å². The van der Waals surface area contributed by atoms with Gasteiger partial charge in [-0.3, -0.25) is 5.41 Å². The highest BCUT2D eigenvalue weighted by Crippen LogP contribution is 2.26. The van der Waals surface area contributed by atoms with E-state index in [2.05, 4.69) is 4.98 Å². The second-order valence-electron chi connectivity index (χ2n) is 3.07. The predicted molar refractivity (Wildman–Crippen MR) is 55.7 cm³/mol. The summed E-state index contributed by atoms with van der Waals surface area (Å²) >= 11 is 1.67. The van der Waals surface area contributed by atoms with Crippen molar-refractivity contribution in [1.82, 2.24) is 4.98 Å². The summed E-state index contributed by atoms with van der Waals surface area (Å²) in [6.45, 7) is 1.58. The van der Waals surface area contributed by atoms with Crippen molar-refractivity contribution in [2.24, 2.45) is 5.73 Å². The minimum Gasteiger partial charge on any atom is -0.384 e. The first kappa shape index (κ1) is 9.48. The Morgan fingerprint density at radius 2 is 2.43 bits per heavy atom. The van der Waals surface area contributed by atoms with Crippen LogP contribution in [-0.4, -0.2) is 29.3 Å². The van der Waals surface area contributed by atoms with Crippen molar-refractivity contribution in [3.05, 3.63) is 23.9 Å². The predicted octanol–water partition coefficient (Wildman–Crippen LogP) is 0.857. The summed E-state index contributed by atoms with van der Waals surface area (Å²) in [6.07, 6.45) is 1.68. The smallest absolute Gasteiger partial charge is 0.122 e. The van der Waals surface area contributed by atoms with E-state index in [1.54, 1.807) is 24.0 Å². The molecule has 0 amide bonds. The van der Waals surface area contributed by atoms with Gasteiger partial charge in [-0.1, -0.05) is 11.8 Å². The number of pyridine rings is 1. The van der Waals surface area contributed by atoms with Crippen molar-refractivity contribution in [3.8, 4) is 0 Å². The first-order valence-corrected chi connectivity index (χ1v) is 5.18. The highest BCUT2D eigenvalue weighted by atomic mass is 32.2. The minimum absolute atomic E-state index is 0.0825. The lowest BCUT2D eigenvalue weighted by atomic mass is 10.2. The minimum atomic E-state index is 0.0825. The number of nitrogens with two attached hydrogens (primary N) is 1. The Labute approximate surface area is 86.4 Å². The summed E-state index contributed by atoms with van der Waals surface area (Å²) in [5, 5.41) is 8.70. The van der Waals surface area contributed by atoms with Crippen molar-refractivity contribution >= 4 is 17.6 Å². The van der Waals surface area contributed by atoms with Gasteiger partial charge in [0.25, 0.3) is 0 Å². The van der Waals surface area contributed by atoms with Crippen LogP contribution in [0, 0.1) is 5.41 Å². The Morgan fingerprint density at radius 3 is 3.00 bits per heavy atom. The maximum atomic E-state index is 7.29. The Kier molecular flexibility index (Phi) is 2.69. The maximum Gasteiger partial charge on any atom is 0.122 e. The molecule has 0 unspecified atom stereocenters. The van der Waals surface area contributed by atoms with Crippen LogP contribution in [0.25, 0.3) is 0 Å². The third kappa shape index (κ3) is 2.05. The summed E-state index contributed by atoms with van der Waals surface area (Å²) in [6, 6.07) is 3.58. The number of hydrogen-bond acceptors (Lipinski definition) is 4. The topological polar surface area (TPSA) is 72.0 Å². The number of ether oxygens (including phenoxy) is 1. The van der Waals surface area contributed by atoms with Gasteiger partial charge in [0.15, 0.2) is 0 Å². The number of hydrogen-bond donors (Lipinski definition) is 2. The zero-order valence-electron chi connectivity index (χ0n) is 7.56. The first-order chi connectivity index (χ1) is 6.75. The average Bonchev–Trinajstić information content (AvgIpc) is 2.12. The van der Waals surface area contributed by atoms with Crippen LogP contribution >= 0.6 is 11.8 Å². The molecule has 2 rings (SSSR count). The molecular formula is C9H11N3OS. The van der Waals surface area contributed by atoms with Crippen LogP contribution in [0.1, 0.15) is 5.56 Å². The number of nitrogen functional groups attached to an aromatic ring is 1. The summed E-state index contributed by atoms with van der Waals surface area (Å²) < 4.78 is 5.07. The molecule has 1 aliphatic heterocycles. The molecule has 1 saturated heterocycles. The van der Waals surface area contributed by atoms with Gasteiger partial charge in [0.1, 0.15) is 5.84 Å². The van der Waals surface area contributed by atoms with Crippen LogP contribution in [0.4, 0.5) is 0 Å². The van der Waals surface area contributed by atoms with Crippen LogP contribution < -0.4 is 5.73 Å². The van der Waals surface area contributed by atoms with Crippen LogP contribution in [0.2, 0.25) is 0 Å². The second-order valence-corrected chi connectivity index (χ2v) is 4.39. The van der Waals surface area contributed by atoms with E-state index in [0.29, 0.717) is 5.25 Å². The number of nitrogens with one attached hydrogen (secondary N) is 1. The third-order valence-corrected chi connectivity index (χ3v) is 3.01. The monoisotopic (exact) mass is 209 g/mol. The molecule has 1 aliphatic rings. The van der Waals surface area contributed by atoms with Crippen LogP contribution in [-0.2, 0) is 4.74 Å². The normalized spacial score (nSPS) is 16.3. The van der Waals surface area contributed by atoms with Crippen molar-refractivity contribution in [3.63, 3.8) is 0 Å². The number of amidine groups is 1. The lowest BCUT2D eigenvalue weighted by Gasteiger charge is -2.24. The molecular weight excluding hydrogens is 198 g/mol. The summed E-state index contributed by atoms with van der Waals surface area (Å²) in [4.78, 5) is 4.20. The number of rotatable bonds is 3. The van der Waals surface area contributed by atoms with Gasteiger partial charge in [0, 0.05) is 11.8 Å². The standard InChI is InChI=1S/C9H11N3OS/c10-9(11)6-1-2-12-8(3-6)14-7-4-13-5-7/h1-3,7H,4-5H2,(H3,10,11). The van der Waals surface area contributed by atoms with Crippen LogP contribution in [0.5, 0.6) is 0 Å². The molecule has 0 aliphatic carbocycles. The third-order valence-electron chi connectivity index (χ3n) is 1.94. The summed E-state index contributed by atoms with van der Waals surface area (Å²) in [5.41, 5.74) is 6.11. The largest absolute Gasteiger partial charge is 0.384 e. The Hall–Kier alpha value is -1.07. The second kappa shape index (κ2) is 3.98. The molecule has 0 aromatic carbocycles. The molecule has 1 aromatic heterocycles. The molecule has 74 valence electrons. The molecule has 1 aromatic rings. The van der Waals surface area contributed by atoms with E-state index >= 15 is 0 Å². The molecule has 0 bridgehead atoms. The molecule has 1 fully saturated rings. The highest BCUT2D eigenvalue weighted by molar-refractivity contribution is 8.00. The quantitative estimate of drug-likeness (QED) is 0.572. The summed E-state index contributed by atoms with van der Waals surface area (Å²) in [5.74, 6) is 0.0825. The Bertz CT molecular complexity index is 352. The van der Waals surface area contributed by atoms with Gasteiger partial charge in [-0.05, 0) is 12.1 Å². The summed E-state index contributed by atoms with van der Waals surface area (Å²) in [7, 11) is 0. The van der Waals surface area contributed by atoms with Gasteiger partial charge < -0.3 is 10.5 Å². The Balaban J connectivity index is 2.09. The van der Waals surface area contributed by atoms with Gasteiger partial charge in [-0.25, -0.2) is 4.98 Å². The highest BCUT2D eigenvalue weighted by Gasteiger charge is 2.20. The van der Waals surface area contributed by atoms with Gasteiger partial charge in [-0.15, -0.1) is 0 Å². The van der Waals surface area contributed by atoms with Gasteiger partial charge >= 0.3 is 0 Å². The fourth-order valence-electron chi connectivity index (χ4n) is 1.09. The number of thioether (sulfide) groups is 1. The molecule has 4 nitrogen and oxygen atoms in total. The molecule has 5 heteroatoms. The van der Waals surface area contributed by atoms with E-state index < -0.39 is 0 Å². The van der Waals surface area contributed by atoms with Gasteiger partial charge in [0.05, 0.1) is 23.5 Å². The average molecular weight is 209 g/mol. The molecule has 2 heterocycles.